The zero-order valence-electron chi connectivity index (χ0n) is 17.7. The Bertz CT molecular complexity index is 1110. The summed E-state index contributed by atoms with van der Waals surface area (Å²) in [4.78, 5) is 26.7. The number of benzene rings is 2. The van der Waals surface area contributed by atoms with Gasteiger partial charge in [-0.15, -0.1) is 0 Å². The largest absolute Gasteiger partial charge is 0.497 e. The first-order chi connectivity index (χ1) is 15.0. The molecule has 0 atom stereocenters. The summed E-state index contributed by atoms with van der Waals surface area (Å²) in [5, 5.41) is 4.77. The molecule has 0 radical (unpaired) electrons. The molecule has 31 heavy (non-hydrogen) atoms. The maximum atomic E-state index is 13.4. The van der Waals surface area contributed by atoms with Gasteiger partial charge in [0.2, 0.25) is 5.91 Å². The van der Waals surface area contributed by atoms with E-state index in [2.05, 4.69) is 0 Å². The molecular weight excluding hydrogens is 392 g/mol. The number of nitrogens with two attached hydrogens (primary N) is 1. The molecule has 0 spiro atoms. The van der Waals surface area contributed by atoms with E-state index in [1.807, 2.05) is 61.5 Å². The molecule has 7 heteroatoms. The Balaban J connectivity index is 1.72. The minimum Gasteiger partial charge on any atom is -0.497 e. The number of carbonyl (C=O) groups is 2. The molecule has 3 aromatic rings. The molecule has 0 aliphatic carbocycles. The summed E-state index contributed by atoms with van der Waals surface area (Å²) >= 11 is 0. The van der Waals surface area contributed by atoms with E-state index in [0.29, 0.717) is 37.3 Å². The average molecular weight is 418 g/mol. The third-order valence-electron chi connectivity index (χ3n) is 5.72. The van der Waals surface area contributed by atoms with Crippen molar-refractivity contribution in [3.8, 4) is 22.7 Å². The minimum atomic E-state index is -0.294. The summed E-state index contributed by atoms with van der Waals surface area (Å²) in [5.41, 5.74) is 9.39. The molecule has 0 unspecified atom stereocenters. The Labute approximate surface area is 181 Å². The predicted molar refractivity (Wildman–Crippen MR) is 118 cm³/mol. The Morgan fingerprint density at radius 3 is 2.48 bits per heavy atom. The molecule has 2 N–H and O–H groups in total. The quantitative estimate of drug-likeness (QED) is 0.689. The lowest BCUT2D eigenvalue weighted by molar-refractivity contribution is -0.123. The number of likely N-dealkylation sites (tertiary alicyclic amines) is 1. The molecule has 0 bridgehead atoms. The molecule has 4 rings (SSSR count). The first-order valence-electron chi connectivity index (χ1n) is 10.4. The molecule has 2 aromatic carbocycles. The molecule has 1 aliphatic rings. The highest BCUT2D eigenvalue weighted by Crippen LogP contribution is 2.27. The van der Waals surface area contributed by atoms with Crippen molar-refractivity contribution in [2.24, 2.45) is 11.7 Å². The SMILES string of the molecule is COc1cccc(-c2cc(C(=O)N3CCC(C(N)=O)CC3)n(-c3cccc(C)c3)n2)c1. The highest BCUT2D eigenvalue weighted by Gasteiger charge is 2.29. The lowest BCUT2D eigenvalue weighted by Gasteiger charge is -2.30. The summed E-state index contributed by atoms with van der Waals surface area (Å²) in [6.45, 7) is 3.01. The lowest BCUT2D eigenvalue weighted by atomic mass is 9.96. The number of carbonyl (C=O) groups excluding carboxylic acids is 2. The number of primary amides is 1. The van der Waals surface area contributed by atoms with Gasteiger partial charge in [-0.3, -0.25) is 9.59 Å². The Kier molecular flexibility index (Phi) is 5.75. The van der Waals surface area contributed by atoms with Crippen LogP contribution in [-0.4, -0.2) is 46.7 Å². The van der Waals surface area contributed by atoms with Crippen LogP contribution in [0.3, 0.4) is 0 Å². The number of nitrogens with zero attached hydrogens (tertiary/aromatic N) is 3. The number of amides is 2. The van der Waals surface area contributed by atoms with Crippen LogP contribution < -0.4 is 10.5 Å². The van der Waals surface area contributed by atoms with Crippen molar-refractivity contribution < 1.29 is 14.3 Å². The van der Waals surface area contributed by atoms with Crippen LogP contribution in [0.15, 0.2) is 54.6 Å². The fourth-order valence-electron chi connectivity index (χ4n) is 3.94. The van der Waals surface area contributed by atoms with Gasteiger partial charge in [0.1, 0.15) is 11.4 Å². The molecular formula is C24H26N4O3. The van der Waals surface area contributed by atoms with Crippen molar-refractivity contribution in [3.63, 3.8) is 0 Å². The third-order valence-corrected chi connectivity index (χ3v) is 5.72. The molecule has 1 saturated heterocycles. The van der Waals surface area contributed by atoms with E-state index in [-0.39, 0.29) is 17.7 Å². The van der Waals surface area contributed by atoms with E-state index in [9.17, 15) is 9.59 Å². The predicted octanol–water partition coefficient (Wildman–Crippen LogP) is 3.19. The first kappa shape index (κ1) is 20.7. The van der Waals surface area contributed by atoms with Crippen LogP contribution in [0, 0.1) is 12.8 Å². The maximum absolute atomic E-state index is 13.4. The smallest absolute Gasteiger partial charge is 0.272 e. The first-order valence-corrected chi connectivity index (χ1v) is 10.4. The summed E-state index contributed by atoms with van der Waals surface area (Å²) in [7, 11) is 1.62. The molecule has 1 fully saturated rings. The molecule has 160 valence electrons. The fourth-order valence-corrected chi connectivity index (χ4v) is 3.94. The van der Waals surface area contributed by atoms with Crippen molar-refractivity contribution in [3.05, 3.63) is 65.9 Å². The van der Waals surface area contributed by atoms with E-state index in [0.717, 1.165) is 22.6 Å². The van der Waals surface area contributed by atoms with E-state index in [4.69, 9.17) is 15.6 Å². The van der Waals surface area contributed by atoms with Crippen molar-refractivity contribution >= 4 is 11.8 Å². The van der Waals surface area contributed by atoms with Gasteiger partial charge in [0.25, 0.3) is 5.91 Å². The Morgan fingerprint density at radius 2 is 1.81 bits per heavy atom. The number of methoxy groups -OCH3 is 1. The second-order valence-corrected chi connectivity index (χ2v) is 7.87. The van der Waals surface area contributed by atoms with E-state index < -0.39 is 0 Å². The molecule has 1 aliphatic heterocycles. The van der Waals surface area contributed by atoms with Crippen LogP contribution in [0.4, 0.5) is 0 Å². The molecule has 0 saturated carbocycles. The standard InChI is InChI=1S/C24H26N4O3/c1-16-5-3-7-19(13-16)28-22(24(30)27-11-9-17(10-12-27)23(25)29)15-21(26-28)18-6-4-8-20(14-18)31-2/h3-8,13-15,17H,9-12H2,1-2H3,(H2,25,29). The van der Waals surface area contributed by atoms with Gasteiger partial charge < -0.3 is 15.4 Å². The van der Waals surface area contributed by atoms with Gasteiger partial charge in [-0.05, 0) is 55.7 Å². The summed E-state index contributed by atoms with van der Waals surface area (Å²) in [6, 6.07) is 17.3. The van der Waals surface area contributed by atoms with Gasteiger partial charge in [-0.2, -0.15) is 5.10 Å². The summed E-state index contributed by atoms with van der Waals surface area (Å²) in [6.07, 6.45) is 1.17. The number of rotatable bonds is 5. The number of piperidine rings is 1. The number of ether oxygens (including phenoxy) is 1. The summed E-state index contributed by atoms with van der Waals surface area (Å²) in [5.74, 6) is 0.158. The van der Waals surface area contributed by atoms with Crippen LogP contribution in [0.5, 0.6) is 5.75 Å². The van der Waals surface area contributed by atoms with Crippen LogP contribution >= 0.6 is 0 Å². The van der Waals surface area contributed by atoms with E-state index in [1.54, 1.807) is 16.7 Å². The molecule has 2 heterocycles. The van der Waals surface area contributed by atoms with Gasteiger partial charge in [0.05, 0.1) is 18.5 Å². The minimum absolute atomic E-state index is 0.105. The second kappa shape index (κ2) is 8.63. The van der Waals surface area contributed by atoms with Crippen LogP contribution in [0.2, 0.25) is 0 Å². The van der Waals surface area contributed by atoms with Gasteiger partial charge in [-0.25, -0.2) is 4.68 Å². The van der Waals surface area contributed by atoms with Gasteiger partial charge >= 0.3 is 0 Å². The monoisotopic (exact) mass is 418 g/mol. The molecule has 1 aromatic heterocycles. The van der Waals surface area contributed by atoms with Crippen LogP contribution in [0.25, 0.3) is 16.9 Å². The van der Waals surface area contributed by atoms with Gasteiger partial charge in [0, 0.05) is 24.6 Å². The third kappa shape index (κ3) is 4.30. The molecule has 2 amide bonds. The van der Waals surface area contributed by atoms with Gasteiger partial charge in [-0.1, -0.05) is 24.3 Å². The van der Waals surface area contributed by atoms with Gasteiger partial charge in [0.15, 0.2) is 0 Å². The van der Waals surface area contributed by atoms with Crippen molar-refractivity contribution in [2.75, 3.05) is 20.2 Å². The summed E-state index contributed by atoms with van der Waals surface area (Å²) < 4.78 is 7.04. The zero-order chi connectivity index (χ0) is 22.0. The Morgan fingerprint density at radius 1 is 1.06 bits per heavy atom. The number of hydrogen-bond acceptors (Lipinski definition) is 4. The van der Waals surface area contributed by atoms with Crippen molar-refractivity contribution in [1.82, 2.24) is 14.7 Å². The fraction of sp³-hybridized carbons (Fsp3) is 0.292. The van der Waals surface area contributed by atoms with E-state index >= 15 is 0 Å². The highest BCUT2D eigenvalue weighted by atomic mass is 16.5. The average Bonchev–Trinajstić information content (AvgIpc) is 3.24. The Hall–Kier alpha value is -3.61. The normalized spacial score (nSPS) is 14.5. The second-order valence-electron chi connectivity index (χ2n) is 7.87. The highest BCUT2D eigenvalue weighted by molar-refractivity contribution is 5.94. The van der Waals surface area contributed by atoms with Crippen molar-refractivity contribution in [2.45, 2.75) is 19.8 Å². The zero-order valence-corrected chi connectivity index (χ0v) is 17.7. The molecule has 7 nitrogen and oxygen atoms in total. The number of hydrogen-bond donors (Lipinski definition) is 1. The maximum Gasteiger partial charge on any atom is 0.272 e. The van der Waals surface area contributed by atoms with Crippen molar-refractivity contribution in [1.29, 1.82) is 0 Å². The van der Waals surface area contributed by atoms with Crippen LogP contribution in [-0.2, 0) is 4.79 Å². The van der Waals surface area contributed by atoms with E-state index in [1.165, 1.54) is 0 Å². The number of aryl methyl sites for hydroxylation is 1. The topological polar surface area (TPSA) is 90.5 Å². The number of aromatic nitrogens is 2. The van der Waals surface area contributed by atoms with Crippen LogP contribution in [0.1, 0.15) is 28.9 Å². The lowest BCUT2D eigenvalue weighted by Crippen LogP contribution is -2.42.